The van der Waals surface area contributed by atoms with Gasteiger partial charge in [0.05, 0.1) is 23.2 Å². The smallest absolute Gasteiger partial charge is 0.317 e. The Hall–Kier alpha value is -8.38. The second kappa shape index (κ2) is 41.9. The molecular formula is C99H148N16O4. The molecule has 5 amide bonds. The average molecular weight is 1630 g/mol. The molecule has 648 valence electrons. The number of carbonyl (C=O) groups is 4. The lowest BCUT2D eigenvalue weighted by molar-refractivity contribution is -0.121. The number of rotatable bonds is 21. The van der Waals surface area contributed by atoms with Crippen LogP contribution >= 0.6 is 0 Å². The summed E-state index contributed by atoms with van der Waals surface area (Å²) in [5.74, 6) is 0.123. The Morgan fingerprint density at radius 2 is 0.723 bits per heavy atom. The van der Waals surface area contributed by atoms with E-state index in [-0.39, 0.29) is 73.6 Å². The van der Waals surface area contributed by atoms with Gasteiger partial charge in [0.25, 0.3) is 0 Å². The van der Waals surface area contributed by atoms with E-state index >= 15 is 0 Å². The van der Waals surface area contributed by atoms with E-state index in [1.165, 1.54) is 40.3 Å². The number of urea groups is 2. The summed E-state index contributed by atoms with van der Waals surface area (Å²) in [5.41, 5.74) is 19.4. The van der Waals surface area contributed by atoms with Crippen molar-refractivity contribution in [1.82, 2.24) is 60.5 Å². The van der Waals surface area contributed by atoms with Crippen LogP contribution in [-0.4, -0.2) is 214 Å². The van der Waals surface area contributed by atoms with Crippen molar-refractivity contribution in [1.29, 1.82) is 10.5 Å². The Balaban J connectivity index is 0.000000178. The number of benzene rings is 6. The highest BCUT2D eigenvalue weighted by atomic mass is 16.2. The van der Waals surface area contributed by atoms with E-state index in [0.29, 0.717) is 19.3 Å². The molecule has 2 heterocycles. The molecular weight excluding hydrogens is 1480 g/mol. The highest BCUT2D eigenvalue weighted by Crippen LogP contribution is 2.51. The van der Waals surface area contributed by atoms with Gasteiger partial charge in [-0.05, 0) is 287 Å². The van der Waals surface area contributed by atoms with Gasteiger partial charge >= 0.3 is 12.1 Å². The molecule has 20 nitrogen and oxygen atoms in total. The zero-order valence-corrected chi connectivity index (χ0v) is 75.9. The second-order valence-electron chi connectivity index (χ2n) is 36.6. The van der Waals surface area contributed by atoms with Crippen molar-refractivity contribution in [3.8, 4) is 12.1 Å². The quantitative estimate of drug-likeness (QED) is 0.0393. The highest BCUT2D eigenvalue weighted by molar-refractivity contribution is 5.79. The van der Waals surface area contributed by atoms with Crippen LogP contribution in [0, 0.1) is 22.7 Å². The minimum atomic E-state index is -0.708. The third-order valence-corrected chi connectivity index (χ3v) is 29.3. The lowest BCUT2D eigenvalue weighted by Crippen LogP contribution is -2.57. The number of ketones is 1. The lowest BCUT2D eigenvalue weighted by Gasteiger charge is -2.50. The number of amides is 5. The Kier molecular flexibility index (Phi) is 33.9. The molecule has 0 radical (unpaired) electrons. The van der Waals surface area contributed by atoms with Crippen LogP contribution in [0.2, 0.25) is 0 Å². The van der Waals surface area contributed by atoms with Crippen LogP contribution in [-0.2, 0) is 42.8 Å². The molecule has 6 aromatic rings. The average Bonchev–Trinajstić information content (AvgIpc) is 1.69. The van der Waals surface area contributed by atoms with Crippen LogP contribution in [0.5, 0.6) is 0 Å². The maximum Gasteiger partial charge on any atom is 0.317 e. The maximum absolute atomic E-state index is 12.0. The van der Waals surface area contributed by atoms with Crippen LogP contribution in [0.4, 0.5) is 9.59 Å². The van der Waals surface area contributed by atoms with E-state index < -0.39 is 11.1 Å². The normalized spacial score (nSPS) is 28.9. The van der Waals surface area contributed by atoms with Crippen molar-refractivity contribution in [3.63, 3.8) is 0 Å². The van der Waals surface area contributed by atoms with Gasteiger partial charge < -0.3 is 47.3 Å². The van der Waals surface area contributed by atoms with Gasteiger partial charge in [-0.15, -0.1) is 0 Å². The van der Waals surface area contributed by atoms with E-state index in [4.69, 9.17) is 16.7 Å². The number of Topliss-reactive ketones (excluding diaryl/α,β-unsaturated/α-hetero) is 1. The van der Waals surface area contributed by atoms with Gasteiger partial charge in [0.15, 0.2) is 0 Å². The molecule has 8 N–H and O–H groups in total. The number of nitrogens with two attached hydrogens (primary N) is 2. The fourth-order valence-electron chi connectivity index (χ4n) is 20.8. The number of nitrogens with one attached hydrogen (secondary N) is 4. The van der Waals surface area contributed by atoms with Crippen LogP contribution < -0.4 is 32.7 Å². The number of likely N-dealkylation sites (N-methyl/N-ethyl adjacent to an activating group) is 3. The van der Waals surface area contributed by atoms with Crippen LogP contribution in [0.3, 0.4) is 0 Å². The molecule has 2 aliphatic heterocycles. The van der Waals surface area contributed by atoms with Crippen molar-refractivity contribution in [2.75, 3.05) is 124 Å². The summed E-state index contributed by atoms with van der Waals surface area (Å²) in [6, 6.07) is 68.7. The summed E-state index contributed by atoms with van der Waals surface area (Å²) in [6.45, 7) is 16.6. The minimum Gasteiger partial charge on any atom is -0.338 e. The number of hydrogen-bond acceptors (Lipinski definition) is 15. The monoisotopic (exact) mass is 1630 g/mol. The first-order valence-corrected chi connectivity index (χ1v) is 43.9. The van der Waals surface area contributed by atoms with Crippen molar-refractivity contribution in [2.45, 2.75) is 244 Å². The topological polar surface area (TPSA) is 242 Å². The van der Waals surface area contributed by atoms with E-state index in [1.54, 1.807) is 6.92 Å². The molecule has 5 saturated carbocycles. The predicted octanol–water partition coefficient (Wildman–Crippen LogP) is 15.4. The molecule has 20 heteroatoms. The molecule has 5 aliphatic carbocycles. The number of hydrogen-bond donors (Lipinski definition) is 6. The molecule has 6 aromatic carbocycles. The first-order valence-electron chi connectivity index (χ1n) is 43.9. The van der Waals surface area contributed by atoms with Crippen LogP contribution in [0.1, 0.15) is 216 Å². The molecule has 119 heavy (non-hydrogen) atoms. The molecule has 0 bridgehead atoms. The molecule has 1 unspecified atom stereocenters. The second-order valence-corrected chi connectivity index (χ2v) is 36.6. The lowest BCUT2D eigenvalue weighted by atomic mass is 9.68. The molecule has 7 aliphatic rings. The van der Waals surface area contributed by atoms with E-state index in [1.807, 2.05) is 30.3 Å². The van der Waals surface area contributed by atoms with Gasteiger partial charge in [0.1, 0.15) is 16.9 Å². The van der Waals surface area contributed by atoms with Crippen molar-refractivity contribution in [3.05, 3.63) is 215 Å². The zero-order valence-electron chi connectivity index (χ0n) is 75.9. The van der Waals surface area contributed by atoms with E-state index in [9.17, 15) is 24.4 Å². The SMILES string of the molecule is CC(=O)CCC(C)(c1ccccc1)N(C)C.CC(=O)NC1(C#N)CCC(c2ccccc2)(N(C)C)CC1.CCN1C(=O)NCC12CCC(c1ccccc1)(N(C)C)CC2.CCN1C(=O)NCC12CCC(c1ccccc1)(N(C)C)CC2.CCNC1(CN)CCC(c2ccccc2)(N(C)C)CC1.CN(C)C1(c2ccccc2)CCC(N)(C#N)CC1. The standard InChI is InChI=1S/2C18H27N3O.C17H23N3O.C17H29N3.C15H21N3.C14H21NO/c2*1-4-21-16(22)19-14-17(21)10-12-18(13-11-17,20(2)3)15-8-6-5-7-9-15;1-14(21)19-16(13-18)9-11-17(12-10-16,20(2)3)15-7-5-4-6-8-15;1-4-19-16(14-18)10-12-17(13-11-16,20(2)3)15-8-6-5-7-9-15;1-18(2)15(13-6-4-3-5-7-13)10-8-14(17,12-16)9-11-15;1-12(16)10-11-14(2,15(3)4)13-8-6-5-7-9-13/h2*5-9H,4,10-14H2,1-3H3,(H,19,22);4-8H,9-12H2,1-3H3,(H,19,21);5-9,19H,4,10-14,18H2,1-3H3;3-7H,8-11,17H2,1-2H3;5-9H,10-11H2,1-4H3. The van der Waals surface area contributed by atoms with Gasteiger partial charge in [-0.3, -0.25) is 34.2 Å². The molecule has 2 saturated heterocycles. The van der Waals surface area contributed by atoms with Gasteiger partial charge in [0.2, 0.25) is 5.91 Å². The molecule has 0 aromatic heterocycles. The highest BCUT2D eigenvalue weighted by Gasteiger charge is 2.54. The van der Waals surface area contributed by atoms with Crippen molar-refractivity contribution in [2.24, 2.45) is 11.5 Å². The van der Waals surface area contributed by atoms with Gasteiger partial charge in [0, 0.05) is 84.8 Å². The van der Waals surface area contributed by atoms with E-state index in [2.05, 4.69) is 337 Å². The van der Waals surface area contributed by atoms with Gasteiger partial charge in [-0.1, -0.05) is 189 Å². The minimum absolute atomic E-state index is 0.0279. The number of carbonyl (C=O) groups excluding carboxylic acids is 4. The summed E-state index contributed by atoms with van der Waals surface area (Å²) in [7, 11) is 25.7. The maximum atomic E-state index is 12.0. The third kappa shape index (κ3) is 21.7. The Morgan fingerprint density at radius 3 is 0.966 bits per heavy atom. The Morgan fingerprint density at radius 1 is 0.437 bits per heavy atom. The first-order chi connectivity index (χ1) is 56.6. The fraction of sp³-hybridized carbons (Fsp3) is 0.576. The molecule has 1 atom stereocenters. The number of nitriles is 2. The first kappa shape index (κ1) is 96.1. The Bertz CT molecular complexity index is 4080. The molecule has 2 spiro atoms. The summed E-state index contributed by atoms with van der Waals surface area (Å²) in [5, 5.41) is 31.2. The van der Waals surface area contributed by atoms with Crippen LogP contribution in [0.15, 0.2) is 182 Å². The number of nitrogens with zero attached hydrogens (tertiary/aromatic N) is 10. The van der Waals surface area contributed by atoms with Crippen molar-refractivity contribution >= 4 is 23.8 Å². The zero-order chi connectivity index (χ0) is 87.1. The molecule has 7 fully saturated rings. The largest absolute Gasteiger partial charge is 0.338 e. The molecule has 13 rings (SSSR count). The summed E-state index contributed by atoms with van der Waals surface area (Å²) >= 11 is 0. The summed E-state index contributed by atoms with van der Waals surface area (Å²) < 4.78 is 0. The fourth-order valence-corrected chi connectivity index (χ4v) is 20.8. The van der Waals surface area contributed by atoms with E-state index in [0.717, 1.165) is 161 Å². The summed E-state index contributed by atoms with van der Waals surface area (Å²) in [6.07, 6.45) is 21.2. The Labute approximate surface area is 716 Å². The summed E-state index contributed by atoms with van der Waals surface area (Å²) in [4.78, 5) is 64.5. The van der Waals surface area contributed by atoms with Gasteiger partial charge in [-0.2, -0.15) is 10.5 Å². The van der Waals surface area contributed by atoms with Crippen LogP contribution in [0.25, 0.3) is 0 Å². The van der Waals surface area contributed by atoms with Gasteiger partial charge in [-0.25, -0.2) is 9.59 Å². The van der Waals surface area contributed by atoms with Crippen molar-refractivity contribution < 1.29 is 19.2 Å². The third-order valence-electron chi connectivity index (χ3n) is 29.3. The predicted molar refractivity (Wildman–Crippen MR) is 486 cm³/mol.